The van der Waals surface area contributed by atoms with Crippen molar-refractivity contribution in [3.63, 3.8) is 0 Å². The third-order valence-electron chi connectivity index (χ3n) is 4.50. The quantitative estimate of drug-likeness (QED) is 0.436. The molecule has 2 heterocycles. The van der Waals surface area contributed by atoms with Gasteiger partial charge in [0, 0.05) is 16.2 Å². The van der Waals surface area contributed by atoms with Crippen molar-refractivity contribution in [3.05, 3.63) is 35.1 Å². The molecule has 34 heavy (non-hydrogen) atoms. The molecule has 0 unspecified atom stereocenters. The number of nitrogens with one attached hydrogen (secondary N) is 2. The maximum Gasteiger partial charge on any atom is 0.407 e. The number of thiazole rings is 1. The summed E-state index contributed by atoms with van der Waals surface area (Å²) >= 11 is 1.27. The number of esters is 1. The average Bonchev–Trinajstić information content (AvgIpc) is 3.25. The van der Waals surface area contributed by atoms with Crippen molar-refractivity contribution in [2.75, 3.05) is 26.1 Å². The van der Waals surface area contributed by atoms with Gasteiger partial charge in [0.1, 0.15) is 5.60 Å². The second kappa shape index (κ2) is 10.6. The number of ether oxygens (including phenoxy) is 4. The summed E-state index contributed by atoms with van der Waals surface area (Å²) in [7, 11) is 3.10. The van der Waals surface area contributed by atoms with E-state index in [0.29, 0.717) is 28.0 Å². The van der Waals surface area contributed by atoms with E-state index in [1.807, 2.05) is 6.07 Å². The summed E-state index contributed by atoms with van der Waals surface area (Å²) < 4.78 is 21.2. The zero-order chi connectivity index (χ0) is 24.9. The van der Waals surface area contributed by atoms with Crippen LogP contribution >= 0.6 is 11.3 Å². The minimum atomic E-state index is -0.611. The molecular weight excluding hydrogens is 460 g/mol. The van der Waals surface area contributed by atoms with E-state index in [0.717, 1.165) is 10.8 Å². The van der Waals surface area contributed by atoms with E-state index in [4.69, 9.17) is 18.9 Å². The normalized spacial score (nSPS) is 11.1. The van der Waals surface area contributed by atoms with Crippen LogP contribution in [0.3, 0.4) is 0 Å². The molecule has 0 radical (unpaired) electrons. The Labute approximate surface area is 201 Å². The number of hydrogen-bond acceptors (Lipinski definition) is 10. The third kappa shape index (κ3) is 6.04. The highest BCUT2D eigenvalue weighted by Crippen LogP contribution is 2.37. The van der Waals surface area contributed by atoms with Crippen molar-refractivity contribution in [1.29, 1.82) is 0 Å². The summed E-state index contributed by atoms with van der Waals surface area (Å²) in [6.45, 7) is 7.54. The second-order valence-corrected chi connectivity index (χ2v) is 8.97. The van der Waals surface area contributed by atoms with Crippen LogP contribution in [0.1, 0.15) is 43.9 Å². The molecule has 0 aliphatic rings. The first-order chi connectivity index (χ1) is 16.1. The molecule has 0 aliphatic heterocycles. The van der Waals surface area contributed by atoms with Crippen LogP contribution < -0.4 is 20.1 Å². The van der Waals surface area contributed by atoms with Gasteiger partial charge in [-0.25, -0.2) is 14.6 Å². The first-order valence-corrected chi connectivity index (χ1v) is 11.4. The van der Waals surface area contributed by atoms with Crippen molar-refractivity contribution in [2.24, 2.45) is 0 Å². The van der Waals surface area contributed by atoms with E-state index in [9.17, 15) is 9.59 Å². The van der Waals surface area contributed by atoms with E-state index in [2.05, 4.69) is 20.6 Å². The predicted molar refractivity (Wildman–Crippen MR) is 129 cm³/mol. The molecular formula is C23H28N4O6S. The van der Waals surface area contributed by atoms with Gasteiger partial charge in [-0.05, 0) is 39.8 Å². The Morgan fingerprint density at radius 1 is 1.09 bits per heavy atom. The zero-order valence-electron chi connectivity index (χ0n) is 20.0. The van der Waals surface area contributed by atoms with Crippen LogP contribution in [0, 0.1) is 0 Å². The van der Waals surface area contributed by atoms with Crippen LogP contribution in [0.5, 0.6) is 11.5 Å². The molecule has 3 aromatic rings. The Hall–Kier alpha value is -3.60. The Balaban J connectivity index is 1.96. The number of anilines is 2. The number of aromatic nitrogens is 2. The molecule has 1 aromatic carbocycles. The van der Waals surface area contributed by atoms with Crippen molar-refractivity contribution in [2.45, 2.75) is 39.8 Å². The number of alkyl carbamates (subject to hydrolysis) is 1. The molecule has 0 saturated heterocycles. The molecule has 182 valence electrons. The van der Waals surface area contributed by atoms with Gasteiger partial charge in [0.2, 0.25) is 0 Å². The van der Waals surface area contributed by atoms with Crippen molar-refractivity contribution >= 4 is 45.0 Å². The van der Waals surface area contributed by atoms with E-state index in [1.165, 1.54) is 11.3 Å². The van der Waals surface area contributed by atoms with Gasteiger partial charge >= 0.3 is 12.1 Å². The monoisotopic (exact) mass is 488 g/mol. The number of benzene rings is 1. The lowest BCUT2D eigenvalue weighted by atomic mass is 10.1. The first kappa shape index (κ1) is 25.0. The minimum absolute atomic E-state index is 0.144. The van der Waals surface area contributed by atoms with E-state index >= 15 is 0 Å². The molecule has 0 spiro atoms. The lowest BCUT2D eigenvalue weighted by Crippen LogP contribution is -2.32. The van der Waals surface area contributed by atoms with Gasteiger partial charge in [0.05, 0.1) is 44.9 Å². The summed E-state index contributed by atoms with van der Waals surface area (Å²) in [4.78, 5) is 32.9. The molecule has 1 amide bonds. The van der Waals surface area contributed by atoms with Gasteiger partial charge in [-0.3, -0.25) is 4.98 Å². The average molecular weight is 489 g/mol. The van der Waals surface area contributed by atoms with E-state index in [-0.39, 0.29) is 18.8 Å². The van der Waals surface area contributed by atoms with Crippen LogP contribution in [0.4, 0.5) is 15.6 Å². The summed E-state index contributed by atoms with van der Waals surface area (Å²) in [6, 6.07) is 3.61. The molecule has 11 heteroatoms. The van der Waals surface area contributed by atoms with Gasteiger partial charge in [-0.15, -0.1) is 11.3 Å². The fourth-order valence-electron chi connectivity index (χ4n) is 3.08. The number of carbonyl (C=O) groups is 2. The molecule has 0 bridgehead atoms. The van der Waals surface area contributed by atoms with Crippen LogP contribution in [-0.2, 0) is 16.0 Å². The predicted octanol–water partition coefficient (Wildman–Crippen LogP) is 4.65. The molecule has 0 saturated carbocycles. The SMILES string of the molecule is CCOC(=O)c1csc(Nc2cnc(CNC(=O)OC(C)(C)C)c3cc(OC)c(OC)cc23)n1. The fraction of sp³-hybridized carbons (Fsp3) is 0.391. The Morgan fingerprint density at radius 2 is 1.76 bits per heavy atom. The van der Waals surface area contributed by atoms with Crippen molar-refractivity contribution in [1.82, 2.24) is 15.3 Å². The van der Waals surface area contributed by atoms with E-state index < -0.39 is 17.7 Å². The van der Waals surface area contributed by atoms with Crippen molar-refractivity contribution in [3.8, 4) is 11.5 Å². The van der Waals surface area contributed by atoms with Gasteiger partial charge in [-0.1, -0.05) is 0 Å². The fourth-order valence-corrected chi connectivity index (χ4v) is 3.77. The molecule has 0 atom stereocenters. The highest BCUT2D eigenvalue weighted by atomic mass is 32.1. The largest absolute Gasteiger partial charge is 0.493 e. The number of nitrogens with zero attached hydrogens (tertiary/aromatic N) is 2. The Bertz CT molecular complexity index is 1190. The lowest BCUT2D eigenvalue weighted by molar-refractivity contribution is 0.0511. The molecule has 0 fully saturated rings. The minimum Gasteiger partial charge on any atom is -0.493 e. The lowest BCUT2D eigenvalue weighted by Gasteiger charge is -2.20. The number of pyridine rings is 1. The number of fused-ring (bicyclic) bond motifs is 1. The van der Waals surface area contributed by atoms with E-state index in [1.54, 1.807) is 59.6 Å². The topological polar surface area (TPSA) is 121 Å². The molecule has 2 aromatic heterocycles. The second-order valence-electron chi connectivity index (χ2n) is 8.11. The summed E-state index contributed by atoms with van der Waals surface area (Å²) in [6.07, 6.45) is 1.09. The maximum absolute atomic E-state index is 12.1. The Kier molecular flexibility index (Phi) is 7.77. The molecule has 3 rings (SSSR count). The smallest absolute Gasteiger partial charge is 0.407 e. The van der Waals surface area contributed by atoms with Gasteiger partial charge in [-0.2, -0.15) is 0 Å². The van der Waals surface area contributed by atoms with Crippen molar-refractivity contribution < 1.29 is 28.5 Å². The van der Waals surface area contributed by atoms with Crippen LogP contribution in [0.2, 0.25) is 0 Å². The molecule has 2 N–H and O–H groups in total. The highest BCUT2D eigenvalue weighted by molar-refractivity contribution is 7.14. The summed E-state index contributed by atoms with van der Waals surface area (Å²) in [5.41, 5.74) is 0.865. The number of rotatable bonds is 8. The number of hydrogen-bond donors (Lipinski definition) is 2. The molecule has 0 aliphatic carbocycles. The maximum atomic E-state index is 12.1. The zero-order valence-corrected chi connectivity index (χ0v) is 20.8. The Morgan fingerprint density at radius 3 is 2.38 bits per heavy atom. The molecule has 10 nitrogen and oxygen atoms in total. The highest BCUT2D eigenvalue weighted by Gasteiger charge is 2.19. The third-order valence-corrected chi connectivity index (χ3v) is 5.26. The first-order valence-electron chi connectivity index (χ1n) is 10.5. The van der Waals surface area contributed by atoms with Gasteiger partial charge in [0.15, 0.2) is 22.3 Å². The summed E-state index contributed by atoms with van der Waals surface area (Å²) in [5, 5.41) is 9.56. The summed E-state index contributed by atoms with van der Waals surface area (Å²) in [5.74, 6) is 0.567. The number of carbonyl (C=O) groups excluding carboxylic acids is 2. The van der Waals surface area contributed by atoms with Gasteiger partial charge in [0.25, 0.3) is 0 Å². The standard InChI is InChI=1S/C23H28N4O6S/c1-7-32-20(28)17-12-34-21(27-17)26-16-11-24-15(10-25-22(29)33-23(2,3)4)13-8-18(30-5)19(31-6)9-14(13)16/h8-9,11-12H,7,10H2,1-6H3,(H,25,29)(H,26,27). The van der Waals surface area contributed by atoms with Crippen LogP contribution in [-0.4, -0.2) is 48.5 Å². The van der Waals surface area contributed by atoms with Crippen LogP contribution in [0.25, 0.3) is 10.8 Å². The van der Waals surface area contributed by atoms with Crippen LogP contribution in [0.15, 0.2) is 23.7 Å². The number of methoxy groups -OCH3 is 2. The van der Waals surface area contributed by atoms with Gasteiger partial charge < -0.3 is 29.6 Å². The number of amides is 1.